The van der Waals surface area contributed by atoms with Crippen molar-refractivity contribution < 1.29 is 19.0 Å². The number of guanidine groups is 1. The van der Waals surface area contributed by atoms with Crippen LogP contribution in [-0.4, -0.2) is 56.4 Å². The molecule has 3 N–H and O–H groups in total. The molecule has 1 amide bonds. The largest absolute Gasteiger partial charge is 0.493 e. The van der Waals surface area contributed by atoms with E-state index in [0.29, 0.717) is 49.6 Å². The first-order valence-corrected chi connectivity index (χ1v) is 9.44. The predicted octanol–water partition coefficient (Wildman–Crippen LogP) is 2.98. The molecule has 1 heterocycles. The first kappa shape index (κ1) is 25.1. The van der Waals surface area contributed by atoms with Gasteiger partial charge in [0, 0.05) is 19.6 Å². The van der Waals surface area contributed by atoms with Gasteiger partial charge in [-0.1, -0.05) is 6.07 Å². The van der Waals surface area contributed by atoms with E-state index in [9.17, 15) is 4.79 Å². The summed E-state index contributed by atoms with van der Waals surface area (Å²) in [6, 6.07) is 5.65. The highest BCUT2D eigenvalue weighted by atomic mass is 127. The number of methoxy groups -OCH3 is 2. The summed E-state index contributed by atoms with van der Waals surface area (Å²) in [5.74, 6) is 2.04. The summed E-state index contributed by atoms with van der Waals surface area (Å²) in [6.07, 6.45) is 0.653. The second-order valence-corrected chi connectivity index (χ2v) is 7.85. The normalized spacial score (nSPS) is 16.8. The summed E-state index contributed by atoms with van der Waals surface area (Å²) in [7, 11) is 3.20. The zero-order valence-corrected chi connectivity index (χ0v) is 20.2. The molecule has 0 spiro atoms. The van der Waals surface area contributed by atoms with Gasteiger partial charge in [-0.05, 0) is 50.8 Å². The third-order valence-electron chi connectivity index (χ3n) is 4.39. The van der Waals surface area contributed by atoms with Gasteiger partial charge in [0.2, 0.25) is 0 Å². The van der Waals surface area contributed by atoms with E-state index in [1.165, 1.54) is 0 Å². The summed E-state index contributed by atoms with van der Waals surface area (Å²) < 4.78 is 15.9. The molecular formula is C20H33IN4O4. The maximum Gasteiger partial charge on any atom is 0.410 e. The fraction of sp³-hybridized carbons (Fsp3) is 0.600. The number of hydrogen-bond acceptors (Lipinski definition) is 5. The average Bonchev–Trinajstić information content (AvgIpc) is 3.12. The molecule has 1 aromatic carbocycles. The van der Waals surface area contributed by atoms with Crippen molar-refractivity contribution in [2.45, 2.75) is 39.3 Å². The fourth-order valence-corrected chi connectivity index (χ4v) is 2.95. The highest BCUT2D eigenvalue weighted by Crippen LogP contribution is 2.27. The lowest BCUT2D eigenvalue weighted by Crippen LogP contribution is -2.38. The van der Waals surface area contributed by atoms with E-state index in [0.717, 1.165) is 12.0 Å². The third kappa shape index (κ3) is 8.15. The highest BCUT2D eigenvalue weighted by Gasteiger charge is 2.29. The first-order valence-electron chi connectivity index (χ1n) is 9.44. The van der Waals surface area contributed by atoms with Gasteiger partial charge in [0.1, 0.15) is 5.60 Å². The lowest BCUT2D eigenvalue weighted by Gasteiger charge is -2.24. The van der Waals surface area contributed by atoms with Gasteiger partial charge >= 0.3 is 6.09 Å². The van der Waals surface area contributed by atoms with Gasteiger partial charge in [-0.15, -0.1) is 24.0 Å². The number of ether oxygens (including phenoxy) is 3. The summed E-state index contributed by atoms with van der Waals surface area (Å²) in [6.45, 7) is 8.07. The number of amides is 1. The SMILES string of the molecule is COc1ccc(CN=C(N)NCC2CCN(C(=O)OC(C)(C)C)C2)cc1OC.I. The van der Waals surface area contributed by atoms with Gasteiger partial charge < -0.3 is 30.2 Å². The van der Waals surface area contributed by atoms with Gasteiger partial charge in [-0.2, -0.15) is 0 Å². The molecule has 1 aliphatic rings. The van der Waals surface area contributed by atoms with E-state index in [2.05, 4.69) is 10.3 Å². The number of nitrogens with zero attached hydrogens (tertiary/aromatic N) is 2. The molecule has 0 radical (unpaired) electrons. The minimum Gasteiger partial charge on any atom is -0.493 e. The first-order chi connectivity index (χ1) is 13.2. The van der Waals surface area contributed by atoms with Crippen LogP contribution in [0.1, 0.15) is 32.8 Å². The number of likely N-dealkylation sites (tertiary alicyclic amines) is 1. The molecule has 2 rings (SSSR count). The van der Waals surface area contributed by atoms with Crippen LogP contribution in [0.3, 0.4) is 0 Å². The van der Waals surface area contributed by atoms with E-state index < -0.39 is 5.60 Å². The molecule has 1 aromatic rings. The van der Waals surface area contributed by atoms with Crippen LogP contribution in [0.25, 0.3) is 0 Å². The van der Waals surface area contributed by atoms with E-state index in [-0.39, 0.29) is 30.1 Å². The van der Waals surface area contributed by atoms with Gasteiger partial charge in [0.25, 0.3) is 0 Å². The summed E-state index contributed by atoms with van der Waals surface area (Å²) in [4.78, 5) is 18.2. The van der Waals surface area contributed by atoms with Crippen LogP contribution in [0.15, 0.2) is 23.2 Å². The van der Waals surface area contributed by atoms with Crippen LogP contribution >= 0.6 is 24.0 Å². The molecule has 0 bridgehead atoms. The van der Waals surface area contributed by atoms with Crippen molar-refractivity contribution in [3.63, 3.8) is 0 Å². The maximum atomic E-state index is 12.1. The topological polar surface area (TPSA) is 98.4 Å². The number of aliphatic imine (C=N–C) groups is 1. The standard InChI is InChI=1S/C20H32N4O4.HI/c1-20(2,3)28-19(25)24-9-8-15(13-24)12-23-18(21)22-11-14-6-7-16(26-4)17(10-14)27-5;/h6-7,10,15H,8-9,11-13H2,1-5H3,(H3,21,22,23);1H. The Morgan fingerprint density at radius 2 is 1.97 bits per heavy atom. The van der Waals surface area contributed by atoms with Crippen LogP contribution in [0, 0.1) is 5.92 Å². The lowest BCUT2D eigenvalue weighted by molar-refractivity contribution is 0.0288. The number of rotatable bonds is 6. The van der Waals surface area contributed by atoms with E-state index in [4.69, 9.17) is 19.9 Å². The Balaban J connectivity index is 0.00000420. The minimum absolute atomic E-state index is 0. The molecule has 1 fully saturated rings. The Morgan fingerprint density at radius 3 is 2.59 bits per heavy atom. The molecule has 1 unspecified atom stereocenters. The number of carbonyl (C=O) groups excluding carboxylic acids is 1. The molecule has 29 heavy (non-hydrogen) atoms. The van der Waals surface area contributed by atoms with Crippen molar-refractivity contribution >= 4 is 36.0 Å². The van der Waals surface area contributed by atoms with E-state index in [1.807, 2.05) is 39.0 Å². The molecular weight excluding hydrogens is 487 g/mol. The van der Waals surface area contributed by atoms with Gasteiger partial charge in [0.05, 0.1) is 20.8 Å². The molecule has 1 atom stereocenters. The van der Waals surface area contributed by atoms with Crippen molar-refractivity contribution in [3.05, 3.63) is 23.8 Å². The number of halogens is 1. The fourth-order valence-electron chi connectivity index (χ4n) is 2.95. The second-order valence-electron chi connectivity index (χ2n) is 7.85. The number of nitrogens with two attached hydrogens (primary N) is 1. The van der Waals surface area contributed by atoms with Crippen LogP contribution in [0.2, 0.25) is 0 Å². The van der Waals surface area contributed by atoms with Crippen LogP contribution in [0.4, 0.5) is 4.79 Å². The van der Waals surface area contributed by atoms with Crippen molar-refractivity contribution in [3.8, 4) is 11.5 Å². The Kier molecular flexibility index (Phi) is 9.81. The smallest absolute Gasteiger partial charge is 0.410 e. The lowest BCUT2D eigenvalue weighted by atomic mass is 10.1. The van der Waals surface area contributed by atoms with Crippen molar-refractivity contribution in [2.75, 3.05) is 33.9 Å². The van der Waals surface area contributed by atoms with Crippen molar-refractivity contribution in [1.82, 2.24) is 10.2 Å². The van der Waals surface area contributed by atoms with Crippen molar-refractivity contribution in [1.29, 1.82) is 0 Å². The van der Waals surface area contributed by atoms with E-state index in [1.54, 1.807) is 19.1 Å². The zero-order chi connectivity index (χ0) is 20.7. The van der Waals surface area contributed by atoms with Gasteiger partial charge in [-0.25, -0.2) is 9.79 Å². The summed E-state index contributed by atoms with van der Waals surface area (Å²) >= 11 is 0. The molecule has 8 nitrogen and oxygen atoms in total. The second kappa shape index (κ2) is 11.3. The Hall–Kier alpha value is -1.91. The number of nitrogens with one attached hydrogen (secondary N) is 1. The maximum absolute atomic E-state index is 12.1. The number of hydrogen-bond donors (Lipinski definition) is 2. The predicted molar refractivity (Wildman–Crippen MR) is 124 cm³/mol. The molecule has 1 saturated heterocycles. The molecule has 0 aromatic heterocycles. The Morgan fingerprint density at radius 1 is 1.28 bits per heavy atom. The molecule has 164 valence electrons. The number of benzene rings is 1. The Bertz CT molecular complexity index is 706. The highest BCUT2D eigenvalue weighted by molar-refractivity contribution is 14.0. The molecule has 0 saturated carbocycles. The number of carbonyl (C=O) groups is 1. The average molecular weight is 520 g/mol. The zero-order valence-electron chi connectivity index (χ0n) is 17.9. The van der Waals surface area contributed by atoms with Crippen LogP contribution in [0.5, 0.6) is 11.5 Å². The Labute approximate surface area is 190 Å². The minimum atomic E-state index is -0.478. The van der Waals surface area contributed by atoms with Crippen LogP contribution < -0.4 is 20.5 Å². The van der Waals surface area contributed by atoms with Gasteiger partial charge in [0.15, 0.2) is 17.5 Å². The van der Waals surface area contributed by atoms with E-state index >= 15 is 0 Å². The van der Waals surface area contributed by atoms with Gasteiger partial charge in [-0.3, -0.25) is 0 Å². The quantitative estimate of drug-likeness (QED) is 0.340. The molecule has 9 heteroatoms. The molecule has 0 aliphatic carbocycles. The molecule has 1 aliphatic heterocycles. The summed E-state index contributed by atoms with van der Waals surface area (Å²) in [5, 5.41) is 3.15. The van der Waals surface area contributed by atoms with Crippen molar-refractivity contribution in [2.24, 2.45) is 16.6 Å². The monoisotopic (exact) mass is 520 g/mol. The summed E-state index contributed by atoms with van der Waals surface area (Å²) in [5.41, 5.74) is 6.48. The van der Waals surface area contributed by atoms with Crippen LogP contribution in [-0.2, 0) is 11.3 Å². The third-order valence-corrected chi connectivity index (χ3v) is 4.39.